The van der Waals surface area contributed by atoms with Crippen molar-refractivity contribution < 1.29 is 0 Å². The van der Waals surface area contributed by atoms with Crippen molar-refractivity contribution in [1.29, 1.82) is 0 Å². The Balaban J connectivity index is 2.23. The molecule has 1 aromatic carbocycles. The van der Waals surface area contributed by atoms with Crippen LogP contribution in [-0.4, -0.2) is 9.55 Å². The van der Waals surface area contributed by atoms with Crippen LogP contribution >= 0.6 is 0 Å². The number of hydrogen-bond donors (Lipinski definition) is 0. The van der Waals surface area contributed by atoms with Crippen molar-refractivity contribution in [3.63, 3.8) is 0 Å². The van der Waals surface area contributed by atoms with Gasteiger partial charge in [0.25, 0.3) is 5.56 Å². The molecule has 0 aliphatic carbocycles. The molecule has 0 N–H and O–H groups in total. The Morgan fingerprint density at radius 1 is 1.16 bits per heavy atom. The second-order valence-electron chi connectivity index (χ2n) is 4.94. The topological polar surface area (TPSA) is 34.9 Å². The van der Waals surface area contributed by atoms with Gasteiger partial charge in [0.2, 0.25) is 0 Å². The molecule has 3 heteroatoms. The lowest BCUT2D eigenvalue weighted by Gasteiger charge is -2.10. The largest absolute Gasteiger partial charge is 0.280 e. The summed E-state index contributed by atoms with van der Waals surface area (Å²) in [5.41, 5.74) is 4.54. The lowest BCUT2D eigenvalue weighted by molar-refractivity contribution is 0.961. The molecule has 1 aliphatic rings. The van der Waals surface area contributed by atoms with Crippen LogP contribution in [0.2, 0.25) is 0 Å². The first kappa shape index (κ1) is 10.5. The van der Waals surface area contributed by atoms with Gasteiger partial charge in [-0.05, 0) is 35.6 Å². The molecule has 0 spiro atoms. The van der Waals surface area contributed by atoms with E-state index >= 15 is 0 Å². The Hall–Kier alpha value is -2.42. The summed E-state index contributed by atoms with van der Waals surface area (Å²) in [5, 5.41) is 1.71. The van der Waals surface area contributed by atoms with Gasteiger partial charge in [-0.15, -0.1) is 0 Å². The minimum absolute atomic E-state index is 0.0358. The molecule has 0 radical (unpaired) electrons. The predicted molar refractivity (Wildman–Crippen MR) is 74.9 cm³/mol. The third-order valence-electron chi connectivity index (χ3n) is 3.95. The monoisotopic (exact) mass is 248 g/mol. The molecule has 3 aromatic rings. The van der Waals surface area contributed by atoms with Crippen LogP contribution in [0.3, 0.4) is 0 Å². The summed E-state index contributed by atoms with van der Waals surface area (Å²) in [5.74, 6) is 0. The molecule has 0 fully saturated rings. The summed E-state index contributed by atoms with van der Waals surface area (Å²) in [7, 11) is 0. The van der Waals surface area contributed by atoms with E-state index in [1.807, 2.05) is 28.8 Å². The number of benzene rings is 1. The third kappa shape index (κ3) is 1.27. The van der Waals surface area contributed by atoms with Crippen LogP contribution in [0.1, 0.15) is 16.8 Å². The number of fused-ring (bicyclic) bond motifs is 4. The van der Waals surface area contributed by atoms with Gasteiger partial charge in [0.1, 0.15) is 0 Å². The molecule has 92 valence electrons. The fraction of sp³-hybridized carbons (Fsp3) is 0.125. The summed E-state index contributed by atoms with van der Waals surface area (Å²) in [6.45, 7) is 2.08. The van der Waals surface area contributed by atoms with E-state index in [1.54, 1.807) is 12.4 Å². The first-order valence-corrected chi connectivity index (χ1v) is 6.34. The maximum atomic E-state index is 12.7. The summed E-state index contributed by atoms with van der Waals surface area (Å²) in [6.07, 6.45) is 4.24. The van der Waals surface area contributed by atoms with Crippen molar-refractivity contribution in [3.8, 4) is 5.69 Å². The molecule has 0 bridgehead atoms. The number of pyridine rings is 2. The van der Waals surface area contributed by atoms with Gasteiger partial charge >= 0.3 is 0 Å². The highest BCUT2D eigenvalue weighted by Gasteiger charge is 2.22. The molecule has 0 saturated carbocycles. The van der Waals surface area contributed by atoms with Gasteiger partial charge in [0.05, 0.1) is 11.1 Å². The molecule has 3 heterocycles. The molecule has 1 aliphatic heterocycles. The lowest BCUT2D eigenvalue weighted by Crippen LogP contribution is -2.20. The maximum absolute atomic E-state index is 12.7. The highest BCUT2D eigenvalue weighted by molar-refractivity contribution is 5.85. The van der Waals surface area contributed by atoms with E-state index in [1.165, 1.54) is 11.1 Å². The fourth-order valence-corrected chi connectivity index (χ4v) is 2.98. The van der Waals surface area contributed by atoms with E-state index in [0.717, 1.165) is 23.2 Å². The zero-order valence-electron chi connectivity index (χ0n) is 10.6. The minimum Gasteiger partial charge on any atom is -0.280 e. The second-order valence-corrected chi connectivity index (χ2v) is 4.94. The number of rotatable bonds is 0. The number of aromatic nitrogens is 2. The molecule has 0 saturated heterocycles. The Kier molecular flexibility index (Phi) is 1.96. The Labute approximate surface area is 110 Å². The highest BCUT2D eigenvalue weighted by Crippen LogP contribution is 2.30. The average molecular weight is 248 g/mol. The van der Waals surface area contributed by atoms with Gasteiger partial charge in [-0.3, -0.25) is 14.3 Å². The smallest absolute Gasteiger partial charge is 0.264 e. The normalized spacial score (nSPS) is 12.5. The van der Waals surface area contributed by atoms with Crippen LogP contribution in [0.25, 0.3) is 16.5 Å². The zero-order chi connectivity index (χ0) is 13.0. The summed E-state index contributed by atoms with van der Waals surface area (Å²) < 4.78 is 1.84. The molecule has 4 rings (SSSR count). The van der Waals surface area contributed by atoms with Gasteiger partial charge in [0, 0.05) is 24.5 Å². The first-order valence-electron chi connectivity index (χ1n) is 6.34. The van der Waals surface area contributed by atoms with Crippen LogP contribution in [0.15, 0.2) is 47.5 Å². The molecular formula is C16H12N2O. The highest BCUT2D eigenvalue weighted by atomic mass is 16.1. The summed E-state index contributed by atoms with van der Waals surface area (Å²) in [6, 6.07) is 10.0. The van der Waals surface area contributed by atoms with E-state index in [0.29, 0.717) is 5.39 Å². The van der Waals surface area contributed by atoms with Crippen molar-refractivity contribution in [1.82, 2.24) is 9.55 Å². The molecule has 2 aromatic heterocycles. The Morgan fingerprint density at radius 3 is 2.89 bits per heavy atom. The Bertz CT molecular complexity index is 878. The van der Waals surface area contributed by atoms with Crippen molar-refractivity contribution >= 4 is 10.8 Å². The summed E-state index contributed by atoms with van der Waals surface area (Å²) in [4.78, 5) is 16.7. The van der Waals surface area contributed by atoms with Gasteiger partial charge in [-0.2, -0.15) is 0 Å². The van der Waals surface area contributed by atoms with E-state index in [2.05, 4.69) is 18.0 Å². The number of hydrogen-bond acceptors (Lipinski definition) is 2. The quantitative estimate of drug-likeness (QED) is 0.479. The molecule has 0 atom stereocenters. The number of para-hydroxylation sites is 1. The molecular weight excluding hydrogens is 236 g/mol. The SMILES string of the molecule is Cc1c2n(c(=O)c3cnccc13)-c1ccccc1C2. The van der Waals surface area contributed by atoms with E-state index < -0.39 is 0 Å². The third-order valence-corrected chi connectivity index (χ3v) is 3.95. The molecule has 0 amide bonds. The minimum atomic E-state index is 0.0358. The van der Waals surface area contributed by atoms with Crippen molar-refractivity contribution in [2.45, 2.75) is 13.3 Å². The first-order chi connectivity index (χ1) is 9.27. The van der Waals surface area contributed by atoms with Crippen LogP contribution in [0.4, 0.5) is 0 Å². The van der Waals surface area contributed by atoms with Crippen LogP contribution in [0.5, 0.6) is 0 Å². The van der Waals surface area contributed by atoms with E-state index in [9.17, 15) is 4.79 Å². The molecule has 19 heavy (non-hydrogen) atoms. The van der Waals surface area contributed by atoms with Crippen LogP contribution in [-0.2, 0) is 6.42 Å². The fourth-order valence-electron chi connectivity index (χ4n) is 2.98. The standard InChI is InChI=1S/C16H12N2O/c1-10-12-6-7-17-9-13(12)16(19)18-14-5-3-2-4-11(14)8-15(10)18/h2-7,9H,8H2,1H3. The van der Waals surface area contributed by atoms with Gasteiger partial charge < -0.3 is 0 Å². The predicted octanol–water partition coefficient (Wildman–Crippen LogP) is 2.60. The van der Waals surface area contributed by atoms with Crippen molar-refractivity contribution in [3.05, 3.63) is 69.9 Å². The lowest BCUT2D eigenvalue weighted by atomic mass is 10.0. The number of aryl methyl sites for hydroxylation is 1. The van der Waals surface area contributed by atoms with Crippen LogP contribution in [0, 0.1) is 6.92 Å². The van der Waals surface area contributed by atoms with Gasteiger partial charge in [-0.1, -0.05) is 18.2 Å². The van der Waals surface area contributed by atoms with Gasteiger partial charge in [0.15, 0.2) is 0 Å². The van der Waals surface area contributed by atoms with Crippen LogP contribution < -0.4 is 5.56 Å². The second kappa shape index (κ2) is 3.54. The van der Waals surface area contributed by atoms with E-state index in [4.69, 9.17) is 0 Å². The Morgan fingerprint density at radius 2 is 2.00 bits per heavy atom. The van der Waals surface area contributed by atoms with Crippen molar-refractivity contribution in [2.75, 3.05) is 0 Å². The van der Waals surface area contributed by atoms with Crippen molar-refractivity contribution in [2.24, 2.45) is 0 Å². The number of nitrogens with zero attached hydrogens (tertiary/aromatic N) is 2. The zero-order valence-corrected chi connectivity index (χ0v) is 10.6. The molecule has 3 nitrogen and oxygen atoms in total. The molecule has 0 unspecified atom stereocenters. The van der Waals surface area contributed by atoms with E-state index in [-0.39, 0.29) is 5.56 Å². The maximum Gasteiger partial charge on any atom is 0.264 e. The average Bonchev–Trinajstić information content (AvgIpc) is 2.84. The summed E-state index contributed by atoms with van der Waals surface area (Å²) >= 11 is 0. The van der Waals surface area contributed by atoms with Gasteiger partial charge in [-0.25, -0.2) is 0 Å².